The van der Waals surface area contributed by atoms with Crippen molar-refractivity contribution in [1.82, 2.24) is 20.4 Å². The molecule has 29 heavy (non-hydrogen) atoms. The summed E-state index contributed by atoms with van der Waals surface area (Å²) in [5.41, 5.74) is 2.68. The summed E-state index contributed by atoms with van der Waals surface area (Å²) in [7, 11) is 0. The molecule has 0 radical (unpaired) electrons. The van der Waals surface area contributed by atoms with Gasteiger partial charge in [-0.3, -0.25) is 9.80 Å². The van der Waals surface area contributed by atoms with Gasteiger partial charge in [0.05, 0.1) is 19.8 Å². The number of likely N-dealkylation sites (tertiary alicyclic amines) is 1. The highest BCUT2D eigenvalue weighted by Crippen LogP contribution is 2.16. The van der Waals surface area contributed by atoms with Gasteiger partial charge in [0.25, 0.3) is 0 Å². The molecule has 0 spiro atoms. The first-order valence-corrected chi connectivity index (χ1v) is 11.4. The molecule has 1 unspecified atom stereocenters. The lowest BCUT2D eigenvalue weighted by Crippen LogP contribution is -2.49. The first-order chi connectivity index (χ1) is 14.3. The molecule has 1 aromatic carbocycles. The van der Waals surface area contributed by atoms with E-state index in [9.17, 15) is 0 Å². The molecule has 2 fully saturated rings. The van der Waals surface area contributed by atoms with Crippen LogP contribution in [0.4, 0.5) is 0 Å². The van der Waals surface area contributed by atoms with Gasteiger partial charge in [-0.25, -0.2) is 4.99 Å². The lowest BCUT2D eigenvalue weighted by Gasteiger charge is -2.35. The average Bonchev–Trinajstić information content (AvgIpc) is 2.77. The molecule has 1 aromatic rings. The van der Waals surface area contributed by atoms with Crippen molar-refractivity contribution in [2.24, 2.45) is 4.99 Å². The van der Waals surface area contributed by atoms with Gasteiger partial charge in [-0.1, -0.05) is 37.6 Å². The van der Waals surface area contributed by atoms with Crippen LogP contribution in [0.5, 0.6) is 0 Å². The van der Waals surface area contributed by atoms with Crippen molar-refractivity contribution < 1.29 is 4.74 Å². The molecule has 0 aliphatic carbocycles. The third kappa shape index (κ3) is 6.98. The zero-order chi connectivity index (χ0) is 20.3. The number of piperidine rings is 1. The summed E-state index contributed by atoms with van der Waals surface area (Å²) in [6.07, 6.45) is 3.95. The molecule has 1 atom stereocenters. The van der Waals surface area contributed by atoms with E-state index < -0.39 is 0 Å². The molecule has 6 nitrogen and oxygen atoms in total. The van der Waals surface area contributed by atoms with E-state index >= 15 is 0 Å². The first kappa shape index (κ1) is 22.1. The molecule has 162 valence electrons. The predicted molar refractivity (Wildman–Crippen MR) is 120 cm³/mol. The number of nitrogens with one attached hydrogen (secondary N) is 2. The van der Waals surface area contributed by atoms with Crippen LogP contribution >= 0.6 is 0 Å². The summed E-state index contributed by atoms with van der Waals surface area (Å²) in [5, 5.41) is 7.02. The Labute approximate surface area is 176 Å². The summed E-state index contributed by atoms with van der Waals surface area (Å²) in [6, 6.07) is 9.32. The molecule has 2 saturated heterocycles. The second-order valence-corrected chi connectivity index (χ2v) is 8.01. The Hall–Kier alpha value is -1.63. The normalized spacial score (nSPS) is 21.9. The number of morpholine rings is 1. The molecule has 0 bridgehead atoms. The van der Waals surface area contributed by atoms with Crippen LogP contribution in [0.2, 0.25) is 0 Å². The van der Waals surface area contributed by atoms with Crippen LogP contribution in [0, 0.1) is 0 Å². The van der Waals surface area contributed by atoms with Gasteiger partial charge in [-0.05, 0) is 44.0 Å². The Morgan fingerprint density at radius 2 is 1.86 bits per heavy atom. The van der Waals surface area contributed by atoms with Crippen LogP contribution < -0.4 is 10.6 Å². The topological polar surface area (TPSA) is 52.1 Å². The van der Waals surface area contributed by atoms with Crippen LogP contribution in [-0.2, 0) is 17.8 Å². The van der Waals surface area contributed by atoms with Gasteiger partial charge < -0.3 is 15.4 Å². The highest BCUT2D eigenvalue weighted by molar-refractivity contribution is 5.79. The van der Waals surface area contributed by atoms with Crippen molar-refractivity contribution in [3.05, 3.63) is 35.4 Å². The van der Waals surface area contributed by atoms with Gasteiger partial charge in [-0.15, -0.1) is 0 Å². The minimum absolute atomic E-state index is 0.617. The third-order valence-electron chi connectivity index (χ3n) is 6.03. The van der Waals surface area contributed by atoms with Gasteiger partial charge in [0.1, 0.15) is 0 Å². The van der Waals surface area contributed by atoms with E-state index in [1.807, 2.05) is 0 Å². The van der Waals surface area contributed by atoms with E-state index in [1.165, 1.54) is 36.9 Å². The predicted octanol–water partition coefficient (Wildman–Crippen LogP) is 2.45. The van der Waals surface area contributed by atoms with Gasteiger partial charge in [-0.2, -0.15) is 0 Å². The lowest BCUT2D eigenvalue weighted by atomic mass is 10.0. The van der Waals surface area contributed by atoms with Crippen LogP contribution in [0.3, 0.4) is 0 Å². The molecule has 2 aliphatic heterocycles. The number of aliphatic imine (C=N–C) groups is 1. The molecule has 2 N–H and O–H groups in total. The number of guanidine groups is 1. The summed E-state index contributed by atoms with van der Waals surface area (Å²) in [5.74, 6) is 0.926. The molecule has 2 heterocycles. The fourth-order valence-corrected chi connectivity index (χ4v) is 4.29. The van der Waals surface area contributed by atoms with Crippen LogP contribution in [0.25, 0.3) is 0 Å². The number of likely N-dealkylation sites (N-methyl/N-ethyl adjacent to an activating group) is 1. The Morgan fingerprint density at radius 1 is 1.07 bits per heavy atom. The number of hydrogen-bond donors (Lipinski definition) is 2. The van der Waals surface area contributed by atoms with Crippen LogP contribution in [0.15, 0.2) is 29.3 Å². The highest BCUT2D eigenvalue weighted by atomic mass is 16.5. The summed E-state index contributed by atoms with van der Waals surface area (Å²) in [4.78, 5) is 9.97. The van der Waals surface area contributed by atoms with E-state index in [2.05, 4.69) is 58.5 Å². The summed E-state index contributed by atoms with van der Waals surface area (Å²) >= 11 is 0. The van der Waals surface area contributed by atoms with Gasteiger partial charge >= 0.3 is 0 Å². The van der Waals surface area contributed by atoms with Gasteiger partial charge in [0.2, 0.25) is 0 Å². The second-order valence-electron chi connectivity index (χ2n) is 8.01. The maximum Gasteiger partial charge on any atom is 0.191 e. The monoisotopic (exact) mass is 401 g/mol. The van der Waals surface area contributed by atoms with Crippen molar-refractivity contribution in [2.45, 2.75) is 52.2 Å². The molecule has 2 aliphatic rings. The zero-order valence-electron chi connectivity index (χ0n) is 18.3. The SMILES string of the molecule is CCNC(=NCc1ccccc1CN1CCOCC1)NCC1CCCCN1CC. The van der Waals surface area contributed by atoms with E-state index in [0.717, 1.165) is 58.4 Å². The maximum absolute atomic E-state index is 5.48. The van der Waals surface area contributed by atoms with Crippen molar-refractivity contribution >= 4 is 5.96 Å². The number of benzene rings is 1. The van der Waals surface area contributed by atoms with Gasteiger partial charge in [0, 0.05) is 38.8 Å². The molecule has 6 heteroatoms. The van der Waals surface area contributed by atoms with Crippen LogP contribution in [-0.4, -0.2) is 74.3 Å². The molecule has 3 rings (SSSR count). The van der Waals surface area contributed by atoms with Gasteiger partial charge in [0.15, 0.2) is 5.96 Å². The fraction of sp³-hybridized carbons (Fsp3) is 0.696. The quantitative estimate of drug-likeness (QED) is 0.518. The van der Waals surface area contributed by atoms with Crippen molar-refractivity contribution in [2.75, 3.05) is 52.5 Å². The first-order valence-electron chi connectivity index (χ1n) is 11.4. The average molecular weight is 402 g/mol. The molecular weight excluding hydrogens is 362 g/mol. The zero-order valence-corrected chi connectivity index (χ0v) is 18.3. The van der Waals surface area contributed by atoms with Crippen molar-refractivity contribution in [3.8, 4) is 0 Å². The van der Waals surface area contributed by atoms with Crippen molar-refractivity contribution in [3.63, 3.8) is 0 Å². The molecule has 0 aromatic heterocycles. The Balaban J connectivity index is 1.59. The Morgan fingerprint density at radius 3 is 2.62 bits per heavy atom. The molecule has 0 amide bonds. The Kier molecular flexibility index (Phi) is 9.25. The van der Waals surface area contributed by atoms with E-state index in [4.69, 9.17) is 9.73 Å². The number of nitrogens with zero attached hydrogens (tertiary/aromatic N) is 3. The molecular formula is C23H39N5O. The lowest BCUT2D eigenvalue weighted by molar-refractivity contribution is 0.0341. The summed E-state index contributed by atoms with van der Waals surface area (Å²) < 4.78 is 5.48. The molecule has 0 saturated carbocycles. The summed E-state index contributed by atoms with van der Waals surface area (Å²) in [6.45, 7) is 14.0. The largest absolute Gasteiger partial charge is 0.379 e. The smallest absolute Gasteiger partial charge is 0.191 e. The number of hydrogen-bond acceptors (Lipinski definition) is 4. The highest BCUT2D eigenvalue weighted by Gasteiger charge is 2.20. The standard InChI is InChI=1S/C23H39N5O/c1-3-24-23(26-18-22-11-7-8-12-28(22)4-2)25-17-20-9-5-6-10-21(20)19-27-13-15-29-16-14-27/h5-6,9-10,22H,3-4,7-8,11-19H2,1-2H3,(H2,24,25,26). The Bertz CT molecular complexity index is 629. The van der Waals surface area contributed by atoms with E-state index in [0.29, 0.717) is 12.6 Å². The number of rotatable bonds is 8. The van der Waals surface area contributed by atoms with Crippen molar-refractivity contribution in [1.29, 1.82) is 0 Å². The van der Waals surface area contributed by atoms with E-state index in [1.54, 1.807) is 0 Å². The fourth-order valence-electron chi connectivity index (χ4n) is 4.29. The van der Waals surface area contributed by atoms with Crippen LogP contribution in [0.1, 0.15) is 44.2 Å². The third-order valence-corrected chi connectivity index (χ3v) is 6.03. The van der Waals surface area contributed by atoms with E-state index in [-0.39, 0.29) is 0 Å². The minimum atomic E-state index is 0.617. The second kappa shape index (κ2) is 12.2. The maximum atomic E-state index is 5.48. The minimum Gasteiger partial charge on any atom is -0.379 e. The number of ether oxygens (including phenoxy) is 1.